The summed E-state index contributed by atoms with van der Waals surface area (Å²) in [5, 5.41) is 5.50. The molecule has 9 nitrogen and oxygen atoms in total. The van der Waals surface area contributed by atoms with Crippen LogP contribution in [-0.4, -0.2) is 62.3 Å². The van der Waals surface area contributed by atoms with Crippen LogP contribution < -0.4 is 10.6 Å². The van der Waals surface area contributed by atoms with Crippen LogP contribution in [0.1, 0.15) is 48.2 Å². The van der Waals surface area contributed by atoms with Crippen molar-refractivity contribution < 1.29 is 22.4 Å². The summed E-state index contributed by atoms with van der Waals surface area (Å²) >= 11 is 0. The van der Waals surface area contributed by atoms with Crippen molar-refractivity contribution in [1.29, 1.82) is 0 Å². The smallest absolute Gasteiger partial charge is 0.319 e. The number of carbonyl (C=O) groups excluding carboxylic acids is 2. The molecule has 0 saturated carbocycles. The van der Waals surface area contributed by atoms with E-state index in [1.165, 1.54) is 16.4 Å². The van der Waals surface area contributed by atoms with Gasteiger partial charge < -0.3 is 20.0 Å². The Morgan fingerprint density at radius 2 is 1.74 bits per heavy atom. The molecule has 10 heteroatoms. The molecule has 2 fully saturated rings. The van der Waals surface area contributed by atoms with Gasteiger partial charge in [-0.1, -0.05) is 24.1 Å². The van der Waals surface area contributed by atoms with Crippen molar-refractivity contribution >= 4 is 27.6 Å². The maximum absolute atomic E-state index is 13.0. The molecular weight excluding hydrogens is 456 g/mol. The predicted molar refractivity (Wildman–Crippen MR) is 128 cm³/mol. The van der Waals surface area contributed by atoms with Crippen LogP contribution in [0.15, 0.2) is 45.9 Å². The lowest BCUT2D eigenvalue weighted by Crippen LogP contribution is -2.44. The Morgan fingerprint density at radius 1 is 1.00 bits per heavy atom. The predicted octanol–water partition coefficient (Wildman–Crippen LogP) is 3.44. The first-order valence-corrected chi connectivity index (χ1v) is 13.3. The summed E-state index contributed by atoms with van der Waals surface area (Å²) in [6, 6.07) is 10.1. The van der Waals surface area contributed by atoms with Gasteiger partial charge >= 0.3 is 6.03 Å². The molecule has 3 heterocycles. The maximum atomic E-state index is 13.0. The molecule has 0 spiro atoms. The minimum Gasteiger partial charge on any atom is -0.438 e. The fraction of sp³-hybridized carbons (Fsp3) is 0.500. The van der Waals surface area contributed by atoms with Gasteiger partial charge in [-0.05, 0) is 62.8 Å². The molecule has 2 aliphatic heterocycles. The zero-order chi connectivity index (χ0) is 24.1. The van der Waals surface area contributed by atoms with Gasteiger partial charge in [-0.2, -0.15) is 4.31 Å². The van der Waals surface area contributed by atoms with Crippen molar-refractivity contribution in [2.24, 2.45) is 5.92 Å². The van der Waals surface area contributed by atoms with E-state index < -0.39 is 10.0 Å². The number of likely N-dealkylation sites (tertiary alicyclic amines) is 1. The van der Waals surface area contributed by atoms with Crippen LogP contribution in [0.5, 0.6) is 0 Å². The Kier molecular flexibility index (Phi) is 7.57. The number of piperidine rings is 2. The lowest BCUT2D eigenvalue weighted by Gasteiger charge is -2.32. The molecule has 0 bridgehead atoms. The van der Waals surface area contributed by atoms with Gasteiger partial charge in [0.25, 0.3) is 15.9 Å². The lowest BCUT2D eigenvalue weighted by atomic mass is 9.98. The monoisotopic (exact) mass is 488 g/mol. The van der Waals surface area contributed by atoms with Crippen LogP contribution in [0.2, 0.25) is 0 Å². The van der Waals surface area contributed by atoms with E-state index in [2.05, 4.69) is 10.6 Å². The summed E-state index contributed by atoms with van der Waals surface area (Å²) in [6.07, 6.45) is 4.38. The van der Waals surface area contributed by atoms with Crippen molar-refractivity contribution in [2.75, 3.05) is 38.0 Å². The van der Waals surface area contributed by atoms with E-state index in [9.17, 15) is 18.0 Å². The highest BCUT2D eigenvalue weighted by Gasteiger charge is 2.31. The molecule has 0 radical (unpaired) electrons. The molecule has 1 aromatic heterocycles. The van der Waals surface area contributed by atoms with E-state index in [1.54, 1.807) is 4.90 Å². The Balaban J connectivity index is 1.31. The number of carbonyl (C=O) groups is 2. The topological polar surface area (TPSA) is 112 Å². The van der Waals surface area contributed by atoms with Gasteiger partial charge in [-0.15, -0.1) is 0 Å². The number of urea groups is 1. The third-order valence-corrected chi connectivity index (χ3v) is 8.14. The Labute approximate surface area is 200 Å². The standard InChI is InChI=1S/C24H32N4O5S/c1-18-7-9-20(10-8-18)26-24(30)25-16-19-6-5-13-27(17-19)23(29)21-11-12-22(33-21)34(31,32)28-14-3-2-4-15-28/h7-12,19H,2-6,13-17H2,1H3,(H2,25,26,30). The molecule has 0 aliphatic carbocycles. The quantitative estimate of drug-likeness (QED) is 0.647. The Hall–Kier alpha value is -2.85. The van der Waals surface area contributed by atoms with Gasteiger partial charge in [0, 0.05) is 38.4 Å². The van der Waals surface area contributed by atoms with Gasteiger partial charge in [0.05, 0.1) is 0 Å². The molecule has 4 rings (SSSR count). The van der Waals surface area contributed by atoms with Crippen LogP contribution in [0, 0.1) is 12.8 Å². The third kappa shape index (κ3) is 5.79. The molecule has 2 aliphatic rings. The van der Waals surface area contributed by atoms with Crippen molar-refractivity contribution in [1.82, 2.24) is 14.5 Å². The van der Waals surface area contributed by atoms with E-state index in [0.717, 1.165) is 43.4 Å². The van der Waals surface area contributed by atoms with Gasteiger partial charge in [0.1, 0.15) is 0 Å². The third-order valence-electron chi connectivity index (χ3n) is 6.37. The number of nitrogens with zero attached hydrogens (tertiary/aromatic N) is 2. The molecule has 2 aromatic rings. The molecule has 1 unspecified atom stereocenters. The molecule has 184 valence electrons. The summed E-state index contributed by atoms with van der Waals surface area (Å²) in [5.74, 6) is -0.191. The van der Waals surface area contributed by atoms with E-state index in [0.29, 0.717) is 32.7 Å². The van der Waals surface area contributed by atoms with Crippen LogP contribution in [0.4, 0.5) is 10.5 Å². The first-order chi connectivity index (χ1) is 16.3. The van der Waals surface area contributed by atoms with Crippen molar-refractivity contribution in [3.05, 3.63) is 47.7 Å². The maximum Gasteiger partial charge on any atom is 0.319 e. The summed E-state index contributed by atoms with van der Waals surface area (Å²) in [5.41, 5.74) is 1.84. The number of aryl methyl sites for hydroxylation is 1. The normalized spacial score (nSPS) is 19.6. The second-order valence-electron chi connectivity index (χ2n) is 9.04. The molecule has 2 saturated heterocycles. The minimum atomic E-state index is -3.72. The lowest BCUT2D eigenvalue weighted by molar-refractivity contribution is 0.0637. The average molecular weight is 489 g/mol. The van der Waals surface area contributed by atoms with Gasteiger partial charge in [0.2, 0.25) is 5.09 Å². The number of rotatable bonds is 6. The SMILES string of the molecule is Cc1ccc(NC(=O)NCC2CCCN(C(=O)c3ccc(S(=O)(=O)N4CCCCC4)o3)C2)cc1. The minimum absolute atomic E-state index is 0.0290. The fourth-order valence-electron chi connectivity index (χ4n) is 4.43. The van der Waals surface area contributed by atoms with Crippen molar-refractivity contribution in [3.8, 4) is 0 Å². The highest BCUT2D eigenvalue weighted by Crippen LogP contribution is 2.24. The van der Waals surface area contributed by atoms with E-state index >= 15 is 0 Å². The van der Waals surface area contributed by atoms with Crippen LogP contribution in [0.3, 0.4) is 0 Å². The number of anilines is 1. The number of furan rings is 1. The highest BCUT2D eigenvalue weighted by molar-refractivity contribution is 7.89. The van der Waals surface area contributed by atoms with Crippen molar-refractivity contribution in [2.45, 2.75) is 44.1 Å². The number of benzene rings is 1. The number of hydrogen-bond acceptors (Lipinski definition) is 5. The Morgan fingerprint density at radius 3 is 2.47 bits per heavy atom. The van der Waals surface area contributed by atoms with E-state index in [-0.39, 0.29) is 28.7 Å². The summed E-state index contributed by atoms with van der Waals surface area (Å²) in [4.78, 5) is 26.9. The van der Waals surface area contributed by atoms with Gasteiger partial charge in [-0.3, -0.25) is 4.79 Å². The molecule has 34 heavy (non-hydrogen) atoms. The second kappa shape index (κ2) is 10.6. The zero-order valence-electron chi connectivity index (χ0n) is 19.5. The number of hydrogen-bond donors (Lipinski definition) is 2. The van der Waals surface area contributed by atoms with Crippen LogP contribution in [0.25, 0.3) is 0 Å². The molecule has 2 N–H and O–H groups in total. The first-order valence-electron chi connectivity index (χ1n) is 11.8. The highest BCUT2D eigenvalue weighted by atomic mass is 32.2. The number of nitrogens with one attached hydrogen (secondary N) is 2. The van der Waals surface area contributed by atoms with Gasteiger partial charge in [0.15, 0.2) is 5.76 Å². The molecule has 1 atom stereocenters. The average Bonchev–Trinajstić information content (AvgIpc) is 3.36. The van der Waals surface area contributed by atoms with E-state index in [4.69, 9.17) is 4.42 Å². The second-order valence-corrected chi connectivity index (χ2v) is 10.9. The number of amides is 3. The molecule has 3 amide bonds. The van der Waals surface area contributed by atoms with E-state index in [1.807, 2.05) is 31.2 Å². The van der Waals surface area contributed by atoms with Crippen LogP contribution in [-0.2, 0) is 10.0 Å². The number of sulfonamides is 1. The van der Waals surface area contributed by atoms with Gasteiger partial charge in [-0.25, -0.2) is 13.2 Å². The molecule has 1 aromatic carbocycles. The first kappa shape index (κ1) is 24.3. The summed E-state index contributed by atoms with van der Waals surface area (Å²) < 4.78 is 32.6. The summed E-state index contributed by atoms with van der Waals surface area (Å²) in [6.45, 7) is 4.42. The summed E-state index contributed by atoms with van der Waals surface area (Å²) in [7, 11) is -3.72. The molecular formula is C24H32N4O5S. The Bertz CT molecular complexity index is 1110. The fourth-order valence-corrected chi connectivity index (χ4v) is 5.86. The largest absolute Gasteiger partial charge is 0.438 e. The van der Waals surface area contributed by atoms with Crippen molar-refractivity contribution in [3.63, 3.8) is 0 Å². The zero-order valence-corrected chi connectivity index (χ0v) is 20.3. The van der Waals surface area contributed by atoms with Crippen LogP contribution >= 0.6 is 0 Å².